The maximum atomic E-state index is 9.57. The van der Waals surface area contributed by atoms with Crippen LogP contribution in [0.2, 0.25) is 0 Å². The first-order valence-electron chi connectivity index (χ1n) is 5.33. The summed E-state index contributed by atoms with van der Waals surface area (Å²) in [6, 6.07) is 4.51. The molecule has 0 saturated carbocycles. The second-order valence-electron chi connectivity index (χ2n) is 4.09. The molecule has 0 amide bonds. The van der Waals surface area contributed by atoms with Gasteiger partial charge in [0, 0.05) is 24.5 Å². The van der Waals surface area contributed by atoms with Crippen LogP contribution < -0.4 is 0 Å². The monoisotopic (exact) mass is 194 g/mol. The molecular weight excluding hydrogens is 176 g/mol. The lowest BCUT2D eigenvalue weighted by Gasteiger charge is -2.34. The van der Waals surface area contributed by atoms with E-state index in [1.54, 1.807) is 0 Å². The van der Waals surface area contributed by atoms with E-state index in [0.29, 0.717) is 6.04 Å². The summed E-state index contributed by atoms with van der Waals surface area (Å²) in [7, 11) is 0. The Morgan fingerprint density at radius 1 is 1.64 bits per heavy atom. The fourth-order valence-corrected chi connectivity index (χ4v) is 2.14. The first-order chi connectivity index (χ1) is 6.77. The van der Waals surface area contributed by atoms with Gasteiger partial charge in [-0.15, -0.1) is 0 Å². The Balaban J connectivity index is 2.00. The summed E-state index contributed by atoms with van der Waals surface area (Å²) in [6.07, 6.45) is 3.87. The van der Waals surface area contributed by atoms with Gasteiger partial charge in [-0.3, -0.25) is 4.90 Å². The van der Waals surface area contributed by atoms with Crippen LogP contribution in [0.3, 0.4) is 0 Å². The minimum absolute atomic E-state index is 0.138. The van der Waals surface area contributed by atoms with Crippen molar-refractivity contribution in [2.75, 3.05) is 13.1 Å². The minimum atomic E-state index is -0.138. The second-order valence-corrected chi connectivity index (χ2v) is 4.09. The predicted molar refractivity (Wildman–Crippen MR) is 56.0 cm³/mol. The van der Waals surface area contributed by atoms with E-state index in [0.717, 1.165) is 25.9 Å². The van der Waals surface area contributed by atoms with E-state index in [2.05, 4.69) is 22.9 Å². The number of nitrogens with one attached hydrogen (secondary N) is 1. The number of aliphatic hydroxyl groups excluding tert-OH is 1. The van der Waals surface area contributed by atoms with Crippen molar-refractivity contribution >= 4 is 0 Å². The maximum Gasteiger partial charge on any atom is 0.0667 e. The molecule has 14 heavy (non-hydrogen) atoms. The molecular formula is C11H18N2O. The first-order valence-corrected chi connectivity index (χ1v) is 5.33. The highest BCUT2D eigenvalue weighted by Crippen LogP contribution is 2.22. The molecule has 0 bridgehead atoms. The Hall–Kier alpha value is -0.800. The van der Waals surface area contributed by atoms with Gasteiger partial charge in [-0.1, -0.05) is 0 Å². The van der Waals surface area contributed by atoms with Crippen molar-refractivity contribution in [2.24, 2.45) is 0 Å². The molecule has 78 valence electrons. The van der Waals surface area contributed by atoms with E-state index < -0.39 is 0 Å². The molecule has 0 unspecified atom stereocenters. The number of aliphatic hydroxyl groups is 1. The number of β-amino-alcohol motifs (C(OH)–C–C–N with tert-alkyl or cyclic N) is 1. The number of rotatable bonds is 2. The highest BCUT2D eigenvalue weighted by Gasteiger charge is 2.22. The van der Waals surface area contributed by atoms with Crippen LogP contribution in [0.5, 0.6) is 0 Å². The second kappa shape index (κ2) is 4.15. The molecule has 0 aliphatic carbocycles. The van der Waals surface area contributed by atoms with Crippen molar-refractivity contribution in [1.82, 2.24) is 9.88 Å². The Labute approximate surface area is 84.7 Å². The Morgan fingerprint density at radius 3 is 3.14 bits per heavy atom. The number of nitrogens with zero attached hydrogens (tertiary/aromatic N) is 1. The molecule has 2 N–H and O–H groups in total. The fraction of sp³-hybridized carbons (Fsp3) is 0.636. The van der Waals surface area contributed by atoms with Crippen molar-refractivity contribution in [3.05, 3.63) is 24.0 Å². The van der Waals surface area contributed by atoms with Crippen molar-refractivity contribution < 1.29 is 5.11 Å². The van der Waals surface area contributed by atoms with Crippen LogP contribution >= 0.6 is 0 Å². The molecule has 0 spiro atoms. The average Bonchev–Trinajstić information content (AvgIpc) is 2.69. The lowest BCUT2D eigenvalue weighted by molar-refractivity contribution is 0.0495. The van der Waals surface area contributed by atoms with Crippen LogP contribution in [-0.4, -0.2) is 34.2 Å². The zero-order chi connectivity index (χ0) is 9.97. The minimum Gasteiger partial charge on any atom is -0.392 e. The summed E-state index contributed by atoms with van der Waals surface area (Å²) in [4.78, 5) is 5.56. The van der Waals surface area contributed by atoms with E-state index in [9.17, 15) is 5.11 Å². The molecule has 2 heterocycles. The van der Waals surface area contributed by atoms with Crippen molar-refractivity contribution in [3.63, 3.8) is 0 Å². The van der Waals surface area contributed by atoms with E-state index in [-0.39, 0.29) is 6.10 Å². The number of aromatic nitrogens is 1. The van der Waals surface area contributed by atoms with E-state index >= 15 is 0 Å². The highest BCUT2D eigenvalue weighted by molar-refractivity contribution is 5.08. The molecule has 0 radical (unpaired) electrons. The molecule has 0 aromatic carbocycles. The van der Waals surface area contributed by atoms with Crippen molar-refractivity contribution in [3.8, 4) is 0 Å². The zero-order valence-corrected chi connectivity index (χ0v) is 8.61. The van der Waals surface area contributed by atoms with Gasteiger partial charge < -0.3 is 10.1 Å². The maximum absolute atomic E-state index is 9.57. The van der Waals surface area contributed by atoms with Gasteiger partial charge in [-0.25, -0.2) is 0 Å². The summed E-state index contributed by atoms with van der Waals surface area (Å²) in [5.41, 5.74) is 1.24. The summed E-state index contributed by atoms with van der Waals surface area (Å²) >= 11 is 0. The number of hydrogen-bond donors (Lipinski definition) is 2. The normalized spacial score (nSPS) is 26.3. The number of piperidine rings is 1. The lowest BCUT2D eigenvalue weighted by atomic mass is 10.1. The summed E-state index contributed by atoms with van der Waals surface area (Å²) in [5.74, 6) is 0. The third-order valence-electron chi connectivity index (χ3n) is 3.05. The summed E-state index contributed by atoms with van der Waals surface area (Å²) in [6.45, 7) is 4.08. The standard InChI is InChI=1S/C11H18N2O/c1-9(11-5-2-6-12-11)13-7-3-4-10(14)8-13/h2,5-6,9-10,12,14H,3-4,7-8H2,1H3/t9-,10-/m1/s1. The number of H-pyrrole nitrogens is 1. The smallest absolute Gasteiger partial charge is 0.0667 e. The van der Waals surface area contributed by atoms with Crippen LogP contribution in [0.4, 0.5) is 0 Å². The van der Waals surface area contributed by atoms with Gasteiger partial charge in [0.2, 0.25) is 0 Å². The molecule has 1 fully saturated rings. The molecule has 2 rings (SSSR count). The molecule has 1 aromatic rings. The summed E-state index contributed by atoms with van der Waals surface area (Å²) in [5, 5.41) is 9.57. The van der Waals surface area contributed by atoms with E-state index in [1.165, 1.54) is 5.69 Å². The molecule has 1 aliphatic heterocycles. The molecule has 3 heteroatoms. The van der Waals surface area contributed by atoms with Crippen LogP contribution in [0.15, 0.2) is 18.3 Å². The molecule has 1 aliphatic rings. The van der Waals surface area contributed by atoms with E-state index in [4.69, 9.17) is 0 Å². The lowest BCUT2D eigenvalue weighted by Crippen LogP contribution is -2.39. The first kappa shape index (κ1) is 9.74. The topological polar surface area (TPSA) is 39.3 Å². The number of likely N-dealkylation sites (tertiary alicyclic amines) is 1. The third kappa shape index (κ3) is 1.99. The van der Waals surface area contributed by atoms with Gasteiger partial charge in [0.1, 0.15) is 0 Å². The summed E-state index contributed by atoms with van der Waals surface area (Å²) < 4.78 is 0. The molecule has 2 atom stereocenters. The number of aromatic amines is 1. The predicted octanol–water partition coefficient (Wildman–Crippen LogP) is 1.53. The van der Waals surface area contributed by atoms with E-state index in [1.807, 2.05) is 12.3 Å². The third-order valence-corrected chi connectivity index (χ3v) is 3.05. The van der Waals surface area contributed by atoms with Crippen molar-refractivity contribution in [1.29, 1.82) is 0 Å². The quantitative estimate of drug-likeness (QED) is 0.749. The van der Waals surface area contributed by atoms with Gasteiger partial charge in [-0.2, -0.15) is 0 Å². The highest BCUT2D eigenvalue weighted by atomic mass is 16.3. The zero-order valence-electron chi connectivity index (χ0n) is 8.61. The Morgan fingerprint density at radius 2 is 2.50 bits per heavy atom. The van der Waals surface area contributed by atoms with Gasteiger partial charge >= 0.3 is 0 Å². The molecule has 3 nitrogen and oxygen atoms in total. The van der Waals surface area contributed by atoms with Gasteiger partial charge in [-0.05, 0) is 38.4 Å². The van der Waals surface area contributed by atoms with Crippen molar-refractivity contribution in [2.45, 2.75) is 31.9 Å². The van der Waals surface area contributed by atoms with Crippen LogP contribution in [0, 0.1) is 0 Å². The largest absolute Gasteiger partial charge is 0.392 e. The molecule has 1 aromatic heterocycles. The van der Waals surface area contributed by atoms with Gasteiger partial charge in [0.05, 0.1) is 6.10 Å². The van der Waals surface area contributed by atoms with Crippen LogP contribution in [-0.2, 0) is 0 Å². The van der Waals surface area contributed by atoms with Crippen LogP contribution in [0.25, 0.3) is 0 Å². The molecule has 1 saturated heterocycles. The average molecular weight is 194 g/mol. The van der Waals surface area contributed by atoms with Gasteiger partial charge in [0.15, 0.2) is 0 Å². The fourth-order valence-electron chi connectivity index (χ4n) is 2.14. The SMILES string of the molecule is C[C@H](c1ccc[nH]1)N1CCC[C@@H](O)C1. The Bertz CT molecular complexity index is 271. The van der Waals surface area contributed by atoms with Crippen LogP contribution in [0.1, 0.15) is 31.5 Å². The Kier molecular flexibility index (Phi) is 2.89. The number of hydrogen-bond acceptors (Lipinski definition) is 2. The van der Waals surface area contributed by atoms with Gasteiger partial charge in [0.25, 0.3) is 0 Å².